The molecule has 2 rings (SSSR count). The quantitative estimate of drug-likeness (QED) is 0.756. The maximum Gasteiger partial charge on any atom is 0.339 e. The standard InChI is InChI=1S/C13H12N2O2/c1-2-17-13(16)11-7-10(8-14-9-11)12-5-3-4-6-15-12/h3-9H,2H2,1H3. The zero-order valence-electron chi connectivity index (χ0n) is 9.46. The summed E-state index contributed by atoms with van der Waals surface area (Å²) in [5, 5.41) is 0. The second kappa shape index (κ2) is 5.21. The number of carbonyl (C=O) groups excluding carboxylic acids is 1. The summed E-state index contributed by atoms with van der Waals surface area (Å²) in [5.74, 6) is -0.363. The Hall–Kier alpha value is -2.23. The highest BCUT2D eigenvalue weighted by Crippen LogP contribution is 2.16. The molecule has 0 bridgehead atoms. The van der Waals surface area contributed by atoms with Crippen LogP contribution in [0.1, 0.15) is 17.3 Å². The van der Waals surface area contributed by atoms with Crippen molar-refractivity contribution in [2.24, 2.45) is 0 Å². The fraction of sp³-hybridized carbons (Fsp3) is 0.154. The van der Waals surface area contributed by atoms with E-state index in [9.17, 15) is 4.79 Å². The maximum atomic E-state index is 11.5. The Bertz CT molecular complexity index is 512. The SMILES string of the molecule is CCOC(=O)c1cncc(-c2ccccn2)c1. The van der Waals surface area contributed by atoms with E-state index in [2.05, 4.69) is 9.97 Å². The average Bonchev–Trinajstić information content (AvgIpc) is 2.40. The van der Waals surface area contributed by atoms with Gasteiger partial charge in [-0.15, -0.1) is 0 Å². The fourth-order valence-electron chi connectivity index (χ4n) is 1.44. The maximum absolute atomic E-state index is 11.5. The molecule has 17 heavy (non-hydrogen) atoms. The minimum Gasteiger partial charge on any atom is -0.462 e. The molecule has 2 aromatic rings. The number of carbonyl (C=O) groups is 1. The number of hydrogen-bond donors (Lipinski definition) is 0. The van der Waals surface area contributed by atoms with E-state index in [1.807, 2.05) is 18.2 Å². The highest BCUT2D eigenvalue weighted by molar-refractivity contribution is 5.90. The van der Waals surface area contributed by atoms with Crippen molar-refractivity contribution in [3.05, 3.63) is 48.4 Å². The molecule has 0 amide bonds. The molecule has 4 nitrogen and oxygen atoms in total. The number of aromatic nitrogens is 2. The van der Waals surface area contributed by atoms with Gasteiger partial charge in [-0.05, 0) is 25.1 Å². The molecule has 0 aliphatic carbocycles. The molecule has 0 fully saturated rings. The predicted octanol–water partition coefficient (Wildman–Crippen LogP) is 2.32. The summed E-state index contributed by atoms with van der Waals surface area (Å²) in [6.07, 6.45) is 4.86. The summed E-state index contributed by atoms with van der Waals surface area (Å²) in [5.41, 5.74) is 2.03. The van der Waals surface area contributed by atoms with Crippen LogP contribution in [0.15, 0.2) is 42.9 Å². The van der Waals surface area contributed by atoms with Gasteiger partial charge < -0.3 is 4.74 Å². The van der Waals surface area contributed by atoms with E-state index in [1.165, 1.54) is 6.20 Å². The molecule has 0 aliphatic heterocycles. The van der Waals surface area contributed by atoms with E-state index in [0.29, 0.717) is 12.2 Å². The van der Waals surface area contributed by atoms with E-state index in [4.69, 9.17) is 4.74 Å². The molecule has 0 radical (unpaired) electrons. The molecule has 0 saturated carbocycles. The molecular weight excluding hydrogens is 216 g/mol. The first-order valence-corrected chi connectivity index (χ1v) is 5.35. The number of nitrogens with zero attached hydrogens (tertiary/aromatic N) is 2. The molecule has 0 saturated heterocycles. The van der Waals surface area contributed by atoms with Crippen LogP contribution in [0.4, 0.5) is 0 Å². The Morgan fingerprint density at radius 1 is 1.35 bits per heavy atom. The van der Waals surface area contributed by atoms with Crippen LogP contribution in [0.5, 0.6) is 0 Å². The van der Waals surface area contributed by atoms with Crippen LogP contribution in [-0.2, 0) is 4.74 Å². The summed E-state index contributed by atoms with van der Waals surface area (Å²) in [6.45, 7) is 2.13. The molecule has 0 aromatic carbocycles. The Morgan fingerprint density at radius 3 is 2.94 bits per heavy atom. The molecular formula is C13H12N2O2. The molecule has 0 spiro atoms. The van der Waals surface area contributed by atoms with E-state index in [-0.39, 0.29) is 5.97 Å². The molecule has 4 heteroatoms. The lowest BCUT2D eigenvalue weighted by atomic mass is 10.1. The van der Waals surface area contributed by atoms with Crippen molar-refractivity contribution >= 4 is 5.97 Å². The van der Waals surface area contributed by atoms with E-state index in [1.54, 1.807) is 25.4 Å². The van der Waals surface area contributed by atoms with Crippen LogP contribution < -0.4 is 0 Å². The summed E-state index contributed by atoms with van der Waals surface area (Å²) < 4.78 is 4.92. The third-order valence-corrected chi connectivity index (χ3v) is 2.21. The van der Waals surface area contributed by atoms with Crippen molar-refractivity contribution in [3.8, 4) is 11.3 Å². The van der Waals surface area contributed by atoms with Gasteiger partial charge in [0, 0.05) is 24.2 Å². The Morgan fingerprint density at radius 2 is 2.24 bits per heavy atom. The highest BCUT2D eigenvalue weighted by atomic mass is 16.5. The normalized spacial score (nSPS) is 9.94. The van der Waals surface area contributed by atoms with Crippen LogP contribution >= 0.6 is 0 Å². The lowest BCUT2D eigenvalue weighted by Crippen LogP contribution is -2.05. The average molecular weight is 228 g/mol. The van der Waals surface area contributed by atoms with Gasteiger partial charge in [-0.3, -0.25) is 9.97 Å². The minimum atomic E-state index is -0.363. The van der Waals surface area contributed by atoms with E-state index < -0.39 is 0 Å². The van der Waals surface area contributed by atoms with Gasteiger partial charge in [-0.2, -0.15) is 0 Å². The zero-order valence-corrected chi connectivity index (χ0v) is 9.46. The smallest absolute Gasteiger partial charge is 0.339 e. The van der Waals surface area contributed by atoms with Crippen molar-refractivity contribution in [3.63, 3.8) is 0 Å². The Kier molecular flexibility index (Phi) is 3.45. The number of esters is 1. The van der Waals surface area contributed by atoms with Crippen molar-refractivity contribution in [1.29, 1.82) is 0 Å². The monoisotopic (exact) mass is 228 g/mol. The first kappa shape index (κ1) is 11.3. The molecule has 2 heterocycles. The van der Waals surface area contributed by atoms with Crippen LogP contribution in [0.25, 0.3) is 11.3 Å². The Balaban J connectivity index is 2.32. The second-order valence-corrected chi connectivity index (χ2v) is 3.40. The minimum absolute atomic E-state index is 0.354. The van der Waals surface area contributed by atoms with Gasteiger partial charge in [0.05, 0.1) is 17.9 Å². The molecule has 2 aromatic heterocycles. The number of hydrogen-bond acceptors (Lipinski definition) is 4. The third-order valence-electron chi connectivity index (χ3n) is 2.21. The summed E-state index contributed by atoms with van der Waals surface area (Å²) >= 11 is 0. The summed E-state index contributed by atoms with van der Waals surface area (Å²) in [4.78, 5) is 19.8. The van der Waals surface area contributed by atoms with Crippen LogP contribution in [0, 0.1) is 0 Å². The van der Waals surface area contributed by atoms with Gasteiger partial charge in [0.1, 0.15) is 0 Å². The third kappa shape index (κ3) is 2.66. The van der Waals surface area contributed by atoms with Crippen LogP contribution in [-0.4, -0.2) is 22.5 Å². The van der Waals surface area contributed by atoms with Gasteiger partial charge >= 0.3 is 5.97 Å². The Labute approximate surface area is 99.3 Å². The zero-order chi connectivity index (χ0) is 12.1. The molecule has 0 atom stereocenters. The molecule has 0 aliphatic rings. The van der Waals surface area contributed by atoms with E-state index >= 15 is 0 Å². The van der Waals surface area contributed by atoms with Gasteiger partial charge in [-0.25, -0.2) is 4.79 Å². The highest BCUT2D eigenvalue weighted by Gasteiger charge is 2.08. The first-order valence-electron chi connectivity index (χ1n) is 5.35. The first-order chi connectivity index (χ1) is 8.31. The van der Waals surface area contributed by atoms with Crippen molar-refractivity contribution in [2.75, 3.05) is 6.61 Å². The second-order valence-electron chi connectivity index (χ2n) is 3.40. The number of pyridine rings is 2. The molecule has 0 N–H and O–H groups in total. The van der Waals surface area contributed by atoms with Gasteiger partial charge in [0.15, 0.2) is 0 Å². The predicted molar refractivity (Wildman–Crippen MR) is 63.4 cm³/mol. The number of rotatable bonds is 3. The van der Waals surface area contributed by atoms with Crippen molar-refractivity contribution < 1.29 is 9.53 Å². The summed E-state index contributed by atoms with van der Waals surface area (Å²) in [6, 6.07) is 7.32. The van der Waals surface area contributed by atoms with Crippen molar-refractivity contribution in [1.82, 2.24) is 9.97 Å². The van der Waals surface area contributed by atoms with Crippen LogP contribution in [0.2, 0.25) is 0 Å². The topological polar surface area (TPSA) is 52.1 Å². The largest absolute Gasteiger partial charge is 0.462 e. The lowest BCUT2D eigenvalue weighted by molar-refractivity contribution is 0.0526. The summed E-state index contributed by atoms with van der Waals surface area (Å²) in [7, 11) is 0. The lowest BCUT2D eigenvalue weighted by Gasteiger charge is -2.03. The van der Waals surface area contributed by atoms with Crippen LogP contribution in [0.3, 0.4) is 0 Å². The van der Waals surface area contributed by atoms with Gasteiger partial charge in [0.25, 0.3) is 0 Å². The van der Waals surface area contributed by atoms with Gasteiger partial charge in [0.2, 0.25) is 0 Å². The molecule has 0 unspecified atom stereocenters. The van der Waals surface area contributed by atoms with Crippen molar-refractivity contribution in [2.45, 2.75) is 6.92 Å². The number of ether oxygens (including phenoxy) is 1. The van der Waals surface area contributed by atoms with Gasteiger partial charge in [-0.1, -0.05) is 6.07 Å². The fourth-order valence-corrected chi connectivity index (χ4v) is 1.44. The molecule has 86 valence electrons. The van der Waals surface area contributed by atoms with E-state index in [0.717, 1.165) is 11.3 Å².